The molecule has 1 aromatic heterocycles. The van der Waals surface area contributed by atoms with Crippen LogP contribution in [0.1, 0.15) is 19.8 Å². The van der Waals surface area contributed by atoms with E-state index in [1.165, 1.54) is 0 Å². The first kappa shape index (κ1) is 12.2. The van der Waals surface area contributed by atoms with Gasteiger partial charge >= 0.3 is 0 Å². The Kier molecular flexibility index (Phi) is 3.25. The zero-order valence-electron chi connectivity index (χ0n) is 11.1. The maximum absolute atomic E-state index is 5.95. The molecule has 0 radical (unpaired) electrons. The summed E-state index contributed by atoms with van der Waals surface area (Å²) in [7, 11) is 0. The average Bonchev–Trinajstić information content (AvgIpc) is 2.39. The van der Waals surface area contributed by atoms with Crippen molar-refractivity contribution in [2.45, 2.75) is 31.9 Å². The van der Waals surface area contributed by atoms with Crippen molar-refractivity contribution >= 4 is 22.3 Å². The number of benzene rings is 1. The first-order valence-corrected chi connectivity index (χ1v) is 6.79. The lowest BCUT2D eigenvalue weighted by Gasteiger charge is -2.36. The third-order valence-corrected chi connectivity index (χ3v) is 3.66. The van der Waals surface area contributed by atoms with E-state index in [-0.39, 0.29) is 0 Å². The molecule has 0 spiro atoms. The van der Waals surface area contributed by atoms with E-state index >= 15 is 0 Å². The van der Waals surface area contributed by atoms with Crippen LogP contribution in [-0.4, -0.2) is 23.7 Å². The Labute approximate surface area is 113 Å². The van der Waals surface area contributed by atoms with Gasteiger partial charge in [-0.2, -0.15) is 0 Å². The number of anilines is 2. The van der Waals surface area contributed by atoms with Gasteiger partial charge in [-0.05, 0) is 44.0 Å². The number of nitrogens with zero attached hydrogens (tertiary/aromatic N) is 1. The average molecular weight is 257 g/mol. The molecule has 3 N–H and O–H groups in total. The van der Waals surface area contributed by atoms with Crippen LogP contribution in [0.4, 0.5) is 11.4 Å². The van der Waals surface area contributed by atoms with Gasteiger partial charge in [0.25, 0.3) is 0 Å². The van der Waals surface area contributed by atoms with Crippen LogP contribution in [0, 0.1) is 0 Å². The van der Waals surface area contributed by atoms with E-state index in [1.54, 1.807) is 6.20 Å². The maximum Gasteiger partial charge on any atom is 0.0951 e. The van der Waals surface area contributed by atoms with Crippen molar-refractivity contribution in [3.63, 3.8) is 0 Å². The summed E-state index contributed by atoms with van der Waals surface area (Å²) in [6.07, 6.45) is 4.33. The maximum atomic E-state index is 5.95. The minimum absolute atomic E-state index is 0.417. The smallest absolute Gasteiger partial charge is 0.0951 e. The van der Waals surface area contributed by atoms with E-state index in [4.69, 9.17) is 10.5 Å². The predicted molar refractivity (Wildman–Crippen MR) is 78.2 cm³/mol. The highest BCUT2D eigenvalue weighted by Crippen LogP contribution is 2.31. The first-order chi connectivity index (χ1) is 9.28. The number of hydrogen-bond acceptors (Lipinski definition) is 4. The van der Waals surface area contributed by atoms with E-state index in [9.17, 15) is 0 Å². The van der Waals surface area contributed by atoms with Crippen LogP contribution >= 0.6 is 0 Å². The predicted octanol–water partition coefficient (Wildman–Crippen LogP) is 2.80. The van der Waals surface area contributed by atoms with Gasteiger partial charge in [-0.15, -0.1) is 0 Å². The van der Waals surface area contributed by atoms with Crippen molar-refractivity contribution < 1.29 is 4.74 Å². The number of rotatable bonds is 4. The van der Waals surface area contributed by atoms with Crippen molar-refractivity contribution in [3.8, 4) is 0 Å². The zero-order chi connectivity index (χ0) is 13.2. The van der Waals surface area contributed by atoms with E-state index in [0.29, 0.717) is 12.1 Å². The van der Waals surface area contributed by atoms with E-state index < -0.39 is 0 Å². The topological polar surface area (TPSA) is 60.2 Å². The lowest BCUT2D eigenvalue weighted by atomic mass is 9.89. The third-order valence-electron chi connectivity index (χ3n) is 3.66. The Hall–Kier alpha value is -1.81. The van der Waals surface area contributed by atoms with Crippen LogP contribution in [0.2, 0.25) is 0 Å². The van der Waals surface area contributed by atoms with Crippen molar-refractivity contribution in [1.29, 1.82) is 0 Å². The number of ether oxygens (including phenoxy) is 1. The molecule has 0 unspecified atom stereocenters. The Morgan fingerprint density at radius 3 is 3.00 bits per heavy atom. The molecule has 1 saturated carbocycles. The molecule has 0 saturated heterocycles. The molecule has 1 aliphatic rings. The van der Waals surface area contributed by atoms with Crippen LogP contribution in [0.5, 0.6) is 0 Å². The van der Waals surface area contributed by atoms with Gasteiger partial charge in [-0.25, -0.2) is 0 Å². The fraction of sp³-hybridized carbons (Fsp3) is 0.400. The molecule has 0 atom stereocenters. The Bertz CT molecular complexity index is 579. The zero-order valence-corrected chi connectivity index (χ0v) is 11.1. The molecular formula is C15H19N3O. The number of pyridine rings is 1. The van der Waals surface area contributed by atoms with Crippen molar-refractivity contribution in [2.24, 2.45) is 0 Å². The van der Waals surface area contributed by atoms with Crippen LogP contribution in [0.15, 0.2) is 30.5 Å². The highest BCUT2D eigenvalue weighted by atomic mass is 16.5. The molecule has 4 heteroatoms. The summed E-state index contributed by atoms with van der Waals surface area (Å²) in [6.45, 7) is 2.84. The van der Waals surface area contributed by atoms with Crippen molar-refractivity contribution in [2.75, 3.05) is 17.7 Å². The van der Waals surface area contributed by atoms with Crippen molar-refractivity contribution in [3.05, 3.63) is 30.5 Å². The van der Waals surface area contributed by atoms with Crippen LogP contribution in [0.3, 0.4) is 0 Å². The Morgan fingerprint density at radius 1 is 1.37 bits per heavy atom. The van der Waals surface area contributed by atoms with Crippen molar-refractivity contribution in [1.82, 2.24) is 4.98 Å². The molecule has 1 fully saturated rings. The highest BCUT2D eigenvalue weighted by molar-refractivity contribution is 5.98. The summed E-state index contributed by atoms with van der Waals surface area (Å²) < 4.78 is 5.58. The monoisotopic (exact) mass is 257 g/mol. The molecule has 0 bridgehead atoms. The number of nitrogens with one attached hydrogen (secondary N) is 1. The third kappa shape index (κ3) is 2.36. The summed E-state index contributed by atoms with van der Waals surface area (Å²) in [5.41, 5.74) is 8.66. The molecule has 100 valence electrons. The largest absolute Gasteiger partial charge is 0.397 e. The molecule has 1 aromatic carbocycles. The second-order valence-electron chi connectivity index (χ2n) is 4.99. The molecule has 19 heavy (non-hydrogen) atoms. The van der Waals surface area contributed by atoms with Gasteiger partial charge in [0, 0.05) is 29.9 Å². The number of fused-ring (bicyclic) bond motifs is 1. The summed E-state index contributed by atoms with van der Waals surface area (Å²) in [5.74, 6) is 0. The molecule has 1 aliphatic carbocycles. The minimum Gasteiger partial charge on any atom is -0.397 e. The first-order valence-electron chi connectivity index (χ1n) is 6.79. The van der Waals surface area contributed by atoms with E-state index in [1.807, 2.05) is 25.1 Å². The van der Waals surface area contributed by atoms with Crippen LogP contribution in [-0.2, 0) is 4.74 Å². The number of nitrogen functional groups attached to an aromatic ring is 1. The number of nitrogens with two attached hydrogens (primary N) is 1. The molecule has 0 aliphatic heterocycles. The normalized spacial score (nSPS) is 22.2. The van der Waals surface area contributed by atoms with Gasteiger partial charge in [-0.1, -0.05) is 0 Å². The van der Waals surface area contributed by atoms with Crippen LogP contribution < -0.4 is 11.1 Å². The Morgan fingerprint density at radius 2 is 2.21 bits per heavy atom. The molecule has 1 heterocycles. The summed E-state index contributed by atoms with van der Waals surface area (Å²) in [6, 6.07) is 8.43. The number of hydrogen-bond donors (Lipinski definition) is 2. The summed E-state index contributed by atoms with van der Waals surface area (Å²) in [5, 5.41) is 4.65. The van der Waals surface area contributed by atoms with E-state index in [0.717, 1.165) is 41.7 Å². The van der Waals surface area contributed by atoms with Crippen LogP contribution in [0.25, 0.3) is 10.9 Å². The molecule has 0 amide bonds. The van der Waals surface area contributed by atoms with Gasteiger partial charge in [0.05, 0.1) is 17.3 Å². The van der Waals surface area contributed by atoms with E-state index in [2.05, 4.69) is 16.4 Å². The lowest BCUT2D eigenvalue weighted by Crippen LogP contribution is -2.40. The fourth-order valence-corrected chi connectivity index (χ4v) is 2.60. The van der Waals surface area contributed by atoms with Gasteiger partial charge < -0.3 is 15.8 Å². The lowest BCUT2D eigenvalue weighted by molar-refractivity contribution is 0.00302. The molecule has 2 aromatic rings. The molecule has 4 nitrogen and oxygen atoms in total. The molecular weight excluding hydrogens is 238 g/mol. The number of aromatic nitrogens is 1. The summed E-state index contributed by atoms with van der Waals surface area (Å²) in [4.78, 5) is 4.35. The SMILES string of the molecule is CCOC1CC(Nc2ccc(N)c3ncccc23)C1. The second-order valence-corrected chi connectivity index (χ2v) is 4.99. The quantitative estimate of drug-likeness (QED) is 0.827. The standard InChI is InChI=1S/C15H19N3O/c1-2-19-11-8-10(9-11)18-14-6-5-13(16)15-12(14)4-3-7-17-15/h3-7,10-11,18H,2,8-9,16H2,1H3. The highest BCUT2D eigenvalue weighted by Gasteiger charge is 2.29. The van der Waals surface area contributed by atoms with Gasteiger partial charge in [0.1, 0.15) is 0 Å². The van der Waals surface area contributed by atoms with Gasteiger partial charge in [0.2, 0.25) is 0 Å². The van der Waals surface area contributed by atoms with Gasteiger partial charge in [-0.3, -0.25) is 4.98 Å². The summed E-state index contributed by atoms with van der Waals surface area (Å²) >= 11 is 0. The fourth-order valence-electron chi connectivity index (χ4n) is 2.60. The minimum atomic E-state index is 0.417. The molecule has 3 rings (SSSR count). The second kappa shape index (κ2) is 5.05. The van der Waals surface area contributed by atoms with Gasteiger partial charge in [0.15, 0.2) is 0 Å². The Balaban J connectivity index is 1.77.